The number of ether oxygens (including phenoxy) is 1. The lowest BCUT2D eigenvalue weighted by Gasteiger charge is -2.01. The average Bonchev–Trinajstić information content (AvgIpc) is 2.46. The average molecular weight is 141 g/mol. The highest BCUT2D eigenvalue weighted by atomic mass is 16.5. The summed E-state index contributed by atoms with van der Waals surface area (Å²) in [7, 11) is 2.01. The van der Waals surface area contributed by atoms with Crippen LogP contribution in [0.5, 0.6) is 0 Å². The Bertz CT molecular complexity index is 116. The first-order valence-corrected chi connectivity index (χ1v) is 4.19. The molecule has 0 bridgehead atoms. The van der Waals surface area contributed by atoms with E-state index in [1.54, 1.807) is 0 Å². The molecule has 1 N–H and O–H groups in total. The molecule has 58 valence electrons. The van der Waals surface area contributed by atoms with Crippen LogP contribution in [0.3, 0.4) is 0 Å². The lowest BCUT2D eigenvalue weighted by molar-refractivity contribution is 0.136. The molecule has 1 saturated heterocycles. The Morgan fingerprint density at radius 1 is 1.60 bits per heavy atom. The molecule has 1 aliphatic carbocycles. The maximum absolute atomic E-state index is 5.51. The van der Waals surface area contributed by atoms with Gasteiger partial charge in [-0.05, 0) is 38.3 Å². The third-order valence-electron chi connectivity index (χ3n) is 2.74. The summed E-state index contributed by atoms with van der Waals surface area (Å²) in [6.07, 6.45) is 3.29. The minimum atomic E-state index is 0.661. The van der Waals surface area contributed by atoms with Gasteiger partial charge in [-0.2, -0.15) is 0 Å². The third-order valence-corrected chi connectivity index (χ3v) is 2.74. The number of hydrogen-bond donors (Lipinski definition) is 1. The fourth-order valence-corrected chi connectivity index (χ4v) is 2.06. The van der Waals surface area contributed by atoms with Crippen molar-refractivity contribution in [2.75, 3.05) is 20.2 Å². The maximum Gasteiger partial charge on any atom is 0.0639 e. The summed E-state index contributed by atoms with van der Waals surface area (Å²) in [5.41, 5.74) is 0. The van der Waals surface area contributed by atoms with Gasteiger partial charge in [-0.15, -0.1) is 0 Å². The molecule has 0 aromatic carbocycles. The molecule has 2 aliphatic rings. The van der Waals surface area contributed by atoms with E-state index in [-0.39, 0.29) is 0 Å². The molecule has 1 aliphatic heterocycles. The Labute approximate surface area is 61.9 Å². The third kappa shape index (κ3) is 0.956. The topological polar surface area (TPSA) is 21.3 Å². The number of nitrogens with one attached hydrogen (secondary N) is 1. The van der Waals surface area contributed by atoms with Crippen molar-refractivity contribution in [3.05, 3.63) is 0 Å². The molecule has 0 aromatic heterocycles. The molecule has 3 unspecified atom stereocenters. The van der Waals surface area contributed by atoms with E-state index in [1.165, 1.54) is 12.8 Å². The van der Waals surface area contributed by atoms with E-state index < -0.39 is 0 Å². The lowest BCUT2D eigenvalue weighted by Crippen LogP contribution is -2.10. The summed E-state index contributed by atoms with van der Waals surface area (Å²) in [6.45, 7) is 2.17. The summed E-state index contributed by atoms with van der Waals surface area (Å²) in [4.78, 5) is 0. The molecule has 0 radical (unpaired) electrons. The van der Waals surface area contributed by atoms with Gasteiger partial charge < -0.3 is 10.1 Å². The summed E-state index contributed by atoms with van der Waals surface area (Å²) in [6, 6.07) is 0. The molecule has 2 heteroatoms. The molecule has 1 heterocycles. The van der Waals surface area contributed by atoms with Crippen molar-refractivity contribution in [2.24, 2.45) is 11.8 Å². The van der Waals surface area contributed by atoms with Gasteiger partial charge in [0.2, 0.25) is 0 Å². The highest BCUT2D eigenvalue weighted by Gasteiger charge is 2.53. The van der Waals surface area contributed by atoms with Crippen LogP contribution in [0.2, 0.25) is 0 Å². The Hall–Kier alpha value is -0.0800. The van der Waals surface area contributed by atoms with Crippen LogP contribution in [0.1, 0.15) is 12.8 Å². The molecule has 3 atom stereocenters. The Balaban J connectivity index is 1.69. The number of hydrogen-bond acceptors (Lipinski definition) is 2. The van der Waals surface area contributed by atoms with Gasteiger partial charge in [0.25, 0.3) is 0 Å². The van der Waals surface area contributed by atoms with Crippen LogP contribution in [0.4, 0.5) is 0 Å². The zero-order valence-electron chi connectivity index (χ0n) is 6.47. The van der Waals surface area contributed by atoms with E-state index in [9.17, 15) is 0 Å². The second kappa shape index (κ2) is 2.51. The van der Waals surface area contributed by atoms with E-state index in [1.807, 2.05) is 7.05 Å². The minimum Gasteiger partial charge on any atom is -0.378 e. The van der Waals surface area contributed by atoms with Crippen molar-refractivity contribution in [3.63, 3.8) is 0 Å². The quantitative estimate of drug-likeness (QED) is 0.622. The second-order valence-electron chi connectivity index (χ2n) is 3.34. The van der Waals surface area contributed by atoms with Gasteiger partial charge in [0.15, 0.2) is 0 Å². The van der Waals surface area contributed by atoms with Gasteiger partial charge in [0.1, 0.15) is 0 Å². The van der Waals surface area contributed by atoms with Crippen molar-refractivity contribution in [1.82, 2.24) is 5.32 Å². The highest BCUT2D eigenvalue weighted by Crippen LogP contribution is 2.50. The van der Waals surface area contributed by atoms with Crippen LogP contribution in [-0.4, -0.2) is 26.3 Å². The van der Waals surface area contributed by atoms with Crippen molar-refractivity contribution in [3.8, 4) is 0 Å². The van der Waals surface area contributed by atoms with E-state index in [0.717, 1.165) is 25.0 Å². The standard InChI is InChI=1S/C8H15NO/c1-9-4-2-6-7-3-5-10-8(6)7/h6-9H,2-5H2,1H3. The lowest BCUT2D eigenvalue weighted by atomic mass is 10.2. The number of fused-ring (bicyclic) bond motifs is 1. The fourth-order valence-electron chi connectivity index (χ4n) is 2.06. The maximum atomic E-state index is 5.51. The van der Waals surface area contributed by atoms with Crippen molar-refractivity contribution in [2.45, 2.75) is 18.9 Å². The molecule has 2 rings (SSSR count). The first-order chi connectivity index (χ1) is 4.93. The number of rotatable bonds is 3. The first-order valence-electron chi connectivity index (χ1n) is 4.19. The molecule has 1 saturated carbocycles. The predicted octanol–water partition coefficient (Wildman–Crippen LogP) is 0.631. The van der Waals surface area contributed by atoms with Crippen molar-refractivity contribution < 1.29 is 4.74 Å². The van der Waals surface area contributed by atoms with Gasteiger partial charge in [-0.25, -0.2) is 0 Å². The van der Waals surface area contributed by atoms with Crippen LogP contribution in [-0.2, 0) is 4.74 Å². The molecule has 0 aromatic rings. The highest BCUT2D eigenvalue weighted by molar-refractivity contribution is 5.01. The van der Waals surface area contributed by atoms with E-state index in [4.69, 9.17) is 4.74 Å². The molecule has 0 amide bonds. The molecular weight excluding hydrogens is 126 g/mol. The van der Waals surface area contributed by atoms with Gasteiger partial charge in [0, 0.05) is 6.61 Å². The van der Waals surface area contributed by atoms with Gasteiger partial charge >= 0.3 is 0 Å². The Morgan fingerprint density at radius 3 is 3.10 bits per heavy atom. The summed E-state index contributed by atoms with van der Waals surface area (Å²) in [5.74, 6) is 1.84. The summed E-state index contributed by atoms with van der Waals surface area (Å²) >= 11 is 0. The van der Waals surface area contributed by atoms with Crippen LogP contribution in [0.15, 0.2) is 0 Å². The second-order valence-corrected chi connectivity index (χ2v) is 3.34. The van der Waals surface area contributed by atoms with E-state index in [2.05, 4.69) is 5.32 Å². The molecule has 10 heavy (non-hydrogen) atoms. The van der Waals surface area contributed by atoms with E-state index in [0.29, 0.717) is 6.10 Å². The van der Waals surface area contributed by atoms with Crippen LogP contribution < -0.4 is 5.32 Å². The smallest absolute Gasteiger partial charge is 0.0639 e. The van der Waals surface area contributed by atoms with Gasteiger partial charge in [-0.1, -0.05) is 0 Å². The molecule has 0 spiro atoms. The molecule has 2 fully saturated rings. The van der Waals surface area contributed by atoms with Gasteiger partial charge in [0.05, 0.1) is 6.10 Å². The van der Waals surface area contributed by atoms with Crippen LogP contribution >= 0.6 is 0 Å². The largest absolute Gasteiger partial charge is 0.378 e. The zero-order valence-corrected chi connectivity index (χ0v) is 6.47. The Morgan fingerprint density at radius 2 is 2.50 bits per heavy atom. The summed E-state index contributed by atoms with van der Waals surface area (Å²) in [5, 5.41) is 3.17. The SMILES string of the molecule is CNCCC1C2CCOC12. The fraction of sp³-hybridized carbons (Fsp3) is 1.00. The minimum absolute atomic E-state index is 0.661. The Kier molecular flexibility index (Phi) is 1.66. The van der Waals surface area contributed by atoms with Crippen LogP contribution in [0.25, 0.3) is 0 Å². The first kappa shape index (κ1) is 6.62. The zero-order chi connectivity index (χ0) is 6.97. The molecular formula is C8H15NO. The summed E-state index contributed by atoms with van der Waals surface area (Å²) < 4.78 is 5.51. The van der Waals surface area contributed by atoms with Gasteiger partial charge in [-0.3, -0.25) is 0 Å². The normalized spacial score (nSPS) is 43.5. The molecule has 2 nitrogen and oxygen atoms in total. The van der Waals surface area contributed by atoms with E-state index >= 15 is 0 Å². The van der Waals surface area contributed by atoms with Crippen molar-refractivity contribution >= 4 is 0 Å². The van der Waals surface area contributed by atoms with Crippen molar-refractivity contribution in [1.29, 1.82) is 0 Å². The predicted molar refractivity (Wildman–Crippen MR) is 39.9 cm³/mol. The monoisotopic (exact) mass is 141 g/mol. The van der Waals surface area contributed by atoms with Crippen LogP contribution in [0, 0.1) is 11.8 Å².